The van der Waals surface area contributed by atoms with Crippen LogP contribution >= 0.6 is 11.3 Å². The molecule has 2 aliphatic heterocycles. The number of pyridine rings is 1. The molecule has 0 saturated carbocycles. The van der Waals surface area contributed by atoms with E-state index in [9.17, 15) is 14.4 Å². The molecule has 8 heteroatoms. The van der Waals surface area contributed by atoms with Crippen LogP contribution in [0.15, 0.2) is 24.5 Å². The predicted octanol–water partition coefficient (Wildman–Crippen LogP) is 4.14. The van der Waals surface area contributed by atoms with Crippen LogP contribution in [0.2, 0.25) is 0 Å². The molecule has 2 saturated heterocycles. The number of fused-ring (bicyclic) bond motifs is 1. The third-order valence-electron chi connectivity index (χ3n) is 7.36. The number of hydrogen-bond donors (Lipinski definition) is 1. The molecule has 0 atom stereocenters. The lowest BCUT2D eigenvalue weighted by molar-refractivity contribution is -0.131. The van der Waals surface area contributed by atoms with E-state index in [4.69, 9.17) is 0 Å². The summed E-state index contributed by atoms with van der Waals surface area (Å²) in [6.45, 7) is 3.12. The molecule has 0 aromatic carbocycles. The molecule has 2 fully saturated rings. The fraction of sp³-hybridized carbons (Fsp3) is 0.538. The zero-order valence-electron chi connectivity index (χ0n) is 19.6. The number of rotatable bonds is 5. The number of nitrogens with one attached hydrogen (secondary N) is 1. The zero-order chi connectivity index (χ0) is 23.5. The first-order valence-corrected chi connectivity index (χ1v) is 13.3. The Hall–Kier alpha value is -2.74. The van der Waals surface area contributed by atoms with Crippen LogP contribution in [0, 0.1) is 5.92 Å². The third kappa shape index (κ3) is 4.87. The Balaban J connectivity index is 1.28. The molecule has 4 heterocycles. The summed E-state index contributed by atoms with van der Waals surface area (Å²) in [5.41, 5.74) is 2.29. The van der Waals surface area contributed by atoms with E-state index in [2.05, 4.69) is 10.3 Å². The van der Waals surface area contributed by atoms with Gasteiger partial charge in [0.05, 0.1) is 11.1 Å². The highest BCUT2D eigenvalue weighted by molar-refractivity contribution is 7.17. The largest absolute Gasteiger partial charge is 0.343 e. The van der Waals surface area contributed by atoms with Gasteiger partial charge >= 0.3 is 0 Å². The van der Waals surface area contributed by atoms with Crippen LogP contribution in [0.3, 0.4) is 0 Å². The van der Waals surface area contributed by atoms with Gasteiger partial charge in [0, 0.05) is 49.9 Å². The summed E-state index contributed by atoms with van der Waals surface area (Å²) >= 11 is 1.55. The highest BCUT2D eigenvalue weighted by Gasteiger charge is 2.32. The number of carbonyl (C=O) groups excluding carboxylic acids is 3. The molecule has 5 rings (SSSR count). The maximum Gasteiger partial charge on any atom is 0.257 e. The average Bonchev–Trinajstić information content (AvgIpc) is 3.53. The monoisotopic (exact) mass is 480 g/mol. The Morgan fingerprint density at radius 1 is 1.00 bits per heavy atom. The van der Waals surface area contributed by atoms with Crippen molar-refractivity contribution in [1.82, 2.24) is 14.8 Å². The number of thiophene rings is 1. The number of carbonyl (C=O) groups is 3. The van der Waals surface area contributed by atoms with E-state index in [-0.39, 0.29) is 17.7 Å². The number of aryl methyl sites for hydroxylation is 1. The van der Waals surface area contributed by atoms with Gasteiger partial charge in [0.2, 0.25) is 5.91 Å². The quantitative estimate of drug-likeness (QED) is 0.697. The molecule has 3 aliphatic rings. The van der Waals surface area contributed by atoms with Crippen LogP contribution in [0.5, 0.6) is 0 Å². The molecule has 2 aromatic rings. The molecule has 1 N–H and O–H groups in total. The fourth-order valence-electron chi connectivity index (χ4n) is 5.39. The lowest BCUT2D eigenvalue weighted by atomic mass is 9.91. The van der Waals surface area contributed by atoms with Crippen LogP contribution in [0.4, 0.5) is 5.00 Å². The molecule has 2 aromatic heterocycles. The van der Waals surface area contributed by atoms with Crippen molar-refractivity contribution in [3.05, 3.63) is 46.1 Å². The summed E-state index contributed by atoms with van der Waals surface area (Å²) in [6, 6.07) is 3.46. The van der Waals surface area contributed by atoms with Crippen molar-refractivity contribution >= 4 is 34.1 Å². The molecule has 0 unspecified atom stereocenters. The average molecular weight is 481 g/mol. The molecule has 34 heavy (non-hydrogen) atoms. The van der Waals surface area contributed by atoms with Crippen LogP contribution in [0.25, 0.3) is 0 Å². The molecule has 7 nitrogen and oxygen atoms in total. The van der Waals surface area contributed by atoms with Gasteiger partial charge in [-0.15, -0.1) is 11.3 Å². The number of likely N-dealkylation sites (tertiary alicyclic amines) is 2. The summed E-state index contributed by atoms with van der Waals surface area (Å²) in [5.74, 6) is 0.401. The van der Waals surface area contributed by atoms with Gasteiger partial charge in [0.25, 0.3) is 11.8 Å². The van der Waals surface area contributed by atoms with Crippen LogP contribution < -0.4 is 5.32 Å². The van der Waals surface area contributed by atoms with Gasteiger partial charge < -0.3 is 15.1 Å². The topological polar surface area (TPSA) is 82.6 Å². The van der Waals surface area contributed by atoms with Crippen molar-refractivity contribution in [3.8, 4) is 0 Å². The summed E-state index contributed by atoms with van der Waals surface area (Å²) in [7, 11) is 0. The zero-order valence-corrected chi connectivity index (χ0v) is 20.4. The molecular formula is C26H32N4O3S. The summed E-state index contributed by atoms with van der Waals surface area (Å²) in [6.07, 6.45) is 11.8. The number of hydrogen-bond acceptors (Lipinski definition) is 5. The minimum atomic E-state index is -0.236. The summed E-state index contributed by atoms with van der Waals surface area (Å²) in [5, 5.41) is 3.68. The van der Waals surface area contributed by atoms with Crippen LogP contribution in [-0.4, -0.2) is 58.7 Å². The SMILES string of the molecule is O=C(Nc1sc2c(c1C(=O)N1CCC(CC(=O)N3CCCC3)CC1)CCCC2)c1cccnc1. The van der Waals surface area contributed by atoms with E-state index >= 15 is 0 Å². The van der Waals surface area contributed by atoms with Crippen molar-refractivity contribution in [3.63, 3.8) is 0 Å². The maximum atomic E-state index is 13.7. The lowest BCUT2D eigenvalue weighted by Crippen LogP contribution is -2.40. The van der Waals surface area contributed by atoms with E-state index in [1.165, 1.54) is 4.88 Å². The Labute approximate surface area is 204 Å². The van der Waals surface area contributed by atoms with E-state index in [1.54, 1.807) is 35.9 Å². The van der Waals surface area contributed by atoms with E-state index in [0.717, 1.165) is 70.0 Å². The van der Waals surface area contributed by atoms with Crippen molar-refractivity contribution in [2.45, 2.75) is 57.8 Å². The summed E-state index contributed by atoms with van der Waals surface area (Å²) in [4.78, 5) is 48.3. The number of nitrogens with zero attached hydrogens (tertiary/aromatic N) is 3. The van der Waals surface area contributed by atoms with Gasteiger partial charge in [-0.3, -0.25) is 19.4 Å². The molecule has 0 spiro atoms. The second kappa shape index (κ2) is 10.3. The van der Waals surface area contributed by atoms with Crippen LogP contribution in [-0.2, 0) is 17.6 Å². The van der Waals surface area contributed by atoms with Gasteiger partial charge in [-0.25, -0.2) is 0 Å². The second-order valence-corrected chi connectivity index (χ2v) is 10.7. The smallest absolute Gasteiger partial charge is 0.257 e. The Kier molecular flexibility index (Phi) is 6.94. The van der Waals surface area contributed by atoms with E-state index < -0.39 is 0 Å². The van der Waals surface area contributed by atoms with Gasteiger partial charge in [0.15, 0.2) is 0 Å². The number of amides is 3. The van der Waals surface area contributed by atoms with Gasteiger partial charge in [-0.2, -0.15) is 0 Å². The molecule has 3 amide bonds. The first-order valence-electron chi connectivity index (χ1n) is 12.5. The Morgan fingerprint density at radius 2 is 1.76 bits per heavy atom. The lowest BCUT2D eigenvalue weighted by Gasteiger charge is -2.33. The van der Waals surface area contributed by atoms with Gasteiger partial charge in [-0.1, -0.05) is 0 Å². The minimum absolute atomic E-state index is 0.0187. The molecule has 1 aliphatic carbocycles. The molecule has 0 bridgehead atoms. The number of anilines is 1. The number of piperidine rings is 1. The van der Waals surface area contributed by atoms with Crippen molar-refractivity contribution in [1.29, 1.82) is 0 Å². The minimum Gasteiger partial charge on any atom is -0.343 e. The first-order chi connectivity index (χ1) is 16.6. The van der Waals surface area contributed by atoms with Crippen molar-refractivity contribution in [2.24, 2.45) is 5.92 Å². The predicted molar refractivity (Wildman–Crippen MR) is 132 cm³/mol. The van der Waals surface area contributed by atoms with E-state index in [1.807, 2.05) is 9.80 Å². The maximum absolute atomic E-state index is 13.7. The van der Waals surface area contributed by atoms with Crippen molar-refractivity contribution in [2.75, 3.05) is 31.5 Å². The standard InChI is InChI=1S/C26H32N4O3S/c31-22(29-12-3-4-13-29)16-18-9-14-30(15-10-18)26(33)23-20-7-1-2-8-21(20)34-25(23)28-24(32)19-6-5-11-27-17-19/h5-6,11,17-18H,1-4,7-10,12-16H2,(H,28,32). The van der Waals surface area contributed by atoms with Crippen LogP contribution in [0.1, 0.15) is 76.1 Å². The molecule has 0 radical (unpaired) electrons. The van der Waals surface area contributed by atoms with E-state index in [0.29, 0.717) is 41.6 Å². The van der Waals surface area contributed by atoms with Crippen molar-refractivity contribution < 1.29 is 14.4 Å². The normalized spacial score (nSPS) is 18.6. The highest BCUT2D eigenvalue weighted by atomic mass is 32.1. The third-order valence-corrected chi connectivity index (χ3v) is 8.57. The Bertz CT molecular complexity index is 1050. The van der Waals surface area contributed by atoms with Gasteiger partial charge in [-0.05, 0) is 75.0 Å². The molecule has 180 valence electrons. The number of aromatic nitrogens is 1. The second-order valence-electron chi connectivity index (χ2n) is 9.64. The Morgan fingerprint density at radius 3 is 2.50 bits per heavy atom. The fourth-order valence-corrected chi connectivity index (χ4v) is 6.67. The summed E-state index contributed by atoms with van der Waals surface area (Å²) < 4.78 is 0. The van der Waals surface area contributed by atoms with Gasteiger partial charge in [0.1, 0.15) is 5.00 Å². The first kappa shape index (κ1) is 23.0. The highest BCUT2D eigenvalue weighted by Crippen LogP contribution is 2.39. The molecular weight excluding hydrogens is 448 g/mol.